The van der Waals surface area contributed by atoms with Crippen LogP contribution in [0.3, 0.4) is 0 Å². The van der Waals surface area contributed by atoms with Crippen molar-refractivity contribution in [2.24, 2.45) is 23.7 Å². The summed E-state index contributed by atoms with van der Waals surface area (Å²) in [6.07, 6.45) is 4.17. The predicted molar refractivity (Wildman–Crippen MR) is 133 cm³/mol. The first-order valence-electron chi connectivity index (χ1n) is 12.5. The molecule has 2 fully saturated rings. The van der Waals surface area contributed by atoms with Gasteiger partial charge in [0.15, 0.2) is 0 Å². The van der Waals surface area contributed by atoms with E-state index in [0.717, 1.165) is 24.0 Å². The summed E-state index contributed by atoms with van der Waals surface area (Å²) in [5, 5.41) is 9.36. The summed E-state index contributed by atoms with van der Waals surface area (Å²) in [5.41, 5.74) is 4.79. The molecule has 2 saturated heterocycles. The smallest absolute Gasteiger partial charge is 0.233 e. The van der Waals surface area contributed by atoms with Crippen molar-refractivity contribution in [1.82, 2.24) is 4.90 Å². The summed E-state index contributed by atoms with van der Waals surface area (Å²) in [6, 6.07) is 13.9. The number of carbonyl (C=O) groups is 2. The number of amides is 2. The average Bonchev–Trinajstić information content (AvgIpc) is 3.56. The number of hydrogen-bond acceptors (Lipinski definition) is 5. The average molecular weight is 476 g/mol. The van der Waals surface area contributed by atoms with Gasteiger partial charge >= 0.3 is 0 Å². The van der Waals surface area contributed by atoms with Crippen molar-refractivity contribution in [2.75, 3.05) is 13.7 Å². The second kappa shape index (κ2) is 9.59. The Hall–Kier alpha value is -2.96. The lowest BCUT2D eigenvalue weighted by molar-refractivity contribution is -0.138. The summed E-state index contributed by atoms with van der Waals surface area (Å²) in [7, 11) is 1.61. The summed E-state index contributed by atoms with van der Waals surface area (Å²) in [4.78, 5) is 27.0. The lowest BCUT2D eigenvalue weighted by atomic mass is 9.67. The van der Waals surface area contributed by atoms with Crippen molar-refractivity contribution < 1.29 is 23.8 Å². The third kappa shape index (κ3) is 4.30. The van der Waals surface area contributed by atoms with Crippen LogP contribution in [0.2, 0.25) is 0 Å². The maximum atomic E-state index is 12.9. The van der Waals surface area contributed by atoms with Gasteiger partial charge in [0.25, 0.3) is 0 Å². The van der Waals surface area contributed by atoms with E-state index < -0.39 is 0 Å². The molecule has 0 bridgehead atoms. The van der Waals surface area contributed by atoms with Gasteiger partial charge in [0, 0.05) is 13.0 Å². The van der Waals surface area contributed by atoms with Crippen LogP contribution in [0.15, 0.2) is 58.0 Å². The molecule has 35 heavy (non-hydrogen) atoms. The first kappa shape index (κ1) is 23.8. The third-order valence-corrected chi connectivity index (χ3v) is 7.84. The second-order valence-corrected chi connectivity index (χ2v) is 10.2. The zero-order valence-corrected chi connectivity index (χ0v) is 20.6. The number of hydrogen-bond donors (Lipinski definition) is 1. The van der Waals surface area contributed by atoms with E-state index in [-0.39, 0.29) is 42.3 Å². The molecule has 0 unspecified atom stereocenters. The molecule has 2 aromatic rings. The summed E-state index contributed by atoms with van der Waals surface area (Å²) in [5.74, 6) is 0.885. The Morgan fingerprint density at radius 1 is 1.11 bits per heavy atom. The van der Waals surface area contributed by atoms with E-state index in [0.29, 0.717) is 30.5 Å². The zero-order valence-electron chi connectivity index (χ0n) is 20.6. The van der Waals surface area contributed by atoms with Crippen LogP contribution in [0, 0.1) is 23.7 Å². The van der Waals surface area contributed by atoms with Crippen molar-refractivity contribution in [3.63, 3.8) is 0 Å². The number of likely N-dealkylation sites (tertiary alicyclic amines) is 1. The summed E-state index contributed by atoms with van der Waals surface area (Å²) < 4.78 is 12.1. The van der Waals surface area contributed by atoms with Crippen molar-refractivity contribution in [3.05, 3.63) is 70.7 Å². The van der Waals surface area contributed by atoms with Crippen molar-refractivity contribution in [1.29, 1.82) is 0 Å². The predicted octanol–water partition coefficient (Wildman–Crippen LogP) is 4.70. The molecular formula is C29H33NO5. The molecular weight excluding hydrogens is 442 g/mol. The van der Waals surface area contributed by atoms with E-state index in [9.17, 15) is 14.7 Å². The highest BCUT2D eigenvalue weighted by molar-refractivity contribution is 6.05. The minimum atomic E-state index is -0.292. The molecule has 3 heterocycles. The molecule has 1 aromatic carbocycles. The van der Waals surface area contributed by atoms with E-state index in [1.54, 1.807) is 13.1 Å². The van der Waals surface area contributed by atoms with Crippen LogP contribution in [-0.2, 0) is 20.9 Å². The quantitative estimate of drug-likeness (QED) is 0.464. The SMILES string of the molecule is CC(C)C1=C2[C@@H](CC/C(=C/c3ccc(CO)o3)c3ccccc3)OC[C@@H]2[C@@H]2C(=O)N(C)C(=O)[C@@H]2C1. The van der Waals surface area contributed by atoms with E-state index >= 15 is 0 Å². The Labute approximate surface area is 206 Å². The number of aliphatic hydroxyl groups excluding tert-OH is 1. The van der Waals surface area contributed by atoms with Crippen LogP contribution in [0.1, 0.15) is 50.2 Å². The van der Waals surface area contributed by atoms with Gasteiger partial charge in [-0.05, 0) is 60.1 Å². The van der Waals surface area contributed by atoms with Crippen molar-refractivity contribution in [3.8, 4) is 0 Å². The number of carbonyl (C=O) groups excluding carboxylic acids is 2. The van der Waals surface area contributed by atoms with E-state index in [4.69, 9.17) is 9.15 Å². The molecule has 1 N–H and O–H groups in total. The van der Waals surface area contributed by atoms with Gasteiger partial charge in [-0.2, -0.15) is 0 Å². The molecule has 4 atom stereocenters. The molecule has 0 radical (unpaired) electrons. The van der Waals surface area contributed by atoms with E-state index in [2.05, 4.69) is 26.0 Å². The van der Waals surface area contributed by atoms with Gasteiger partial charge in [-0.3, -0.25) is 14.5 Å². The Morgan fingerprint density at radius 3 is 2.57 bits per heavy atom. The summed E-state index contributed by atoms with van der Waals surface area (Å²) in [6.45, 7) is 4.71. The zero-order chi connectivity index (χ0) is 24.7. The molecule has 0 spiro atoms. The van der Waals surface area contributed by atoms with Gasteiger partial charge < -0.3 is 14.3 Å². The number of rotatable bonds is 7. The number of benzene rings is 1. The highest BCUT2D eigenvalue weighted by atomic mass is 16.5. The molecule has 5 rings (SSSR count). The standard InChI is InChI=1S/C29H33NO5/c1-17(2)22-14-23-27(29(33)30(3)28(23)32)24-16-34-25(26(22)24)12-9-19(18-7-5-4-6-8-18)13-20-10-11-21(15-31)35-20/h4-8,10-11,13,17,23-25,27,31H,9,12,14-16H2,1-3H3/b19-13-/t23-,24+,25-,27-/m1/s1. The fourth-order valence-electron chi connectivity index (χ4n) is 6.08. The number of fused-ring (bicyclic) bond motifs is 3. The number of allylic oxidation sites excluding steroid dienone is 2. The van der Waals surface area contributed by atoms with Crippen LogP contribution in [0.5, 0.6) is 0 Å². The minimum Gasteiger partial charge on any atom is -0.459 e. The largest absolute Gasteiger partial charge is 0.459 e. The second-order valence-electron chi connectivity index (χ2n) is 10.2. The molecule has 6 heteroatoms. The first-order chi connectivity index (χ1) is 16.9. The maximum Gasteiger partial charge on any atom is 0.233 e. The Morgan fingerprint density at radius 2 is 1.89 bits per heavy atom. The van der Waals surface area contributed by atoms with E-state index in [1.807, 2.05) is 30.3 Å². The number of nitrogens with zero attached hydrogens (tertiary/aromatic N) is 1. The van der Waals surface area contributed by atoms with E-state index in [1.165, 1.54) is 16.0 Å². The third-order valence-electron chi connectivity index (χ3n) is 7.84. The number of imide groups is 1. The van der Waals surface area contributed by atoms with Gasteiger partial charge in [0.2, 0.25) is 11.8 Å². The molecule has 2 aliphatic heterocycles. The van der Waals surface area contributed by atoms with Crippen molar-refractivity contribution >= 4 is 23.5 Å². The van der Waals surface area contributed by atoms with Gasteiger partial charge in [-0.15, -0.1) is 0 Å². The molecule has 1 aromatic heterocycles. The monoisotopic (exact) mass is 475 g/mol. The number of ether oxygens (including phenoxy) is 1. The highest BCUT2D eigenvalue weighted by Gasteiger charge is 2.56. The van der Waals surface area contributed by atoms with Gasteiger partial charge in [0.1, 0.15) is 18.1 Å². The maximum absolute atomic E-state index is 12.9. The molecule has 6 nitrogen and oxygen atoms in total. The molecule has 3 aliphatic rings. The number of furan rings is 1. The fourth-order valence-corrected chi connectivity index (χ4v) is 6.08. The molecule has 184 valence electrons. The van der Waals surface area contributed by atoms with Crippen LogP contribution < -0.4 is 0 Å². The van der Waals surface area contributed by atoms with Gasteiger partial charge in [-0.1, -0.05) is 49.8 Å². The number of aliphatic hydroxyl groups is 1. The van der Waals surface area contributed by atoms with Gasteiger partial charge in [-0.25, -0.2) is 0 Å². The molecule has 1 aliphatic carbocycles. The fraction of sp³-hybridized carbons (Fsp3) is 0.448. The Balaban J connectivity index is 1.43. The van der Waals surface area contributed by atoms with Gasteiger partial charge in [0.05, 0.1) is 24.5 Å². The topological polar surface area (TPSA) is 80.0 Å². The van der Waals surface area contributed by atoms with Crippen LogP contribution in [-0.4, -0.2) is 41.6 Å². The lowest BCUT2D eigenvalue weighted by Gasteiger charge is -2.33. The lowest BCUT2D eigenvalue weighted by Crippen LogP contribution is -2.34. The van der Waals surface area contributed by atoms with Crippen LogP contribution >= 0.6 is 0 Å². The molecule has 0 saturated carbocycles. The Kier molecular flexibility index (Phi) is 6.51. The van der Waals surface area contributed by atoms with Crippen molar-refractivity contribution in [2.45, 2.75) is 45.8 Å². The van der Waals surface area contributed by atoms with Crippen LogP contribution in [0.4, 0.5) is 0 Å². The molecule has 2 amide bonds. The minimum absolute atomic E-state index is 0.0149. The normalized spacial score (nSPS) is 26.7. The highest BCUT2D eigenvalue weighted by Crippen LogP contribution is 2.51. The summed E-state index contributed by atoms with van der Waals surface area (Å²) >= 11 is 0. The van der Waals surface area contributed by atoms with Crippen LogP contribution in [0.25, 0.3) is 11.6 Å². The first-order valence-corrected chi connectivity index (χ1v) is 12.5. The Bertz CT molecular complexity index is 1170.